The van der Waals surface area contributed by atoms with Gasteiger partial charge in [0.15, 0.2) is 0 Å². The zero-order valence-corrected chi connectivity index (χ0v) is 21.3. The summed E-state index contributed by atoms with van der Waals surface area (Å²) in [4.78, 5) is 30.2. The van der Waals surface area contributed by atoms with E-state index in [1.807, 2.05) is 31.2 Å². The molecular formula is C26H30N6O3S. The van der Waals surface area contributed by atoms with Gasteiger partial charge in [-0.3, -0.25) is 19.8 Å². The molecule has 0 radical (unpaired) electrons. The number of nitrogens with one attached hydrogen (secondary N) is 2. The largest absolute Gasteiger partial charge is 0.488 e. The van der Waals surface area contributed by atoms with Crippen LogP contribution in [0.3, 0.4) is 0 Å². The summed E-state index contributed by atoms with van der Waals surface area (Å²) in [5.41, 5.74) is 2.99. The summed E-state index contributed by atoms with van der Waals surface area (Å²) < 4.78 is 5.99. The first-order chi connectivity index (χ1) is 17.4. The Morgan fingerprint density at radius 1 is 1.06 bits per heavy atom. The normalized spacial score (nSPS) is 16.5. The molecule has 36 heavy (non-hydrogen) atoms. The Balaban J connectivity index is 1.28. The molecule has 1 aliphatic carbocycles. The lowest BCUT2D eigenvalue weighted by Crippen LogP contribution is -2.47. The third-order valence-electron chi connectivity index (χ3n) is 6.32. The fraction of sp³-hybridized carbons (Fsp3) is 0.385. The molecule has 0 unspecified atom stereocenters. The highest BCUT2D eigenvalue weighted by Gasteiger charge is 2.26. The minimum Gasteiger partial charge on any atom is -0.488 e. The molecule has 2 N–H and O–H groups in total. The van der Waals surface area contributed by atoms with Crippen molar-refractivity contribution in [2.75, 3.05) is 50.4 Å². The van der Waals surface area contributed by atoms with Crippen LogP contribution in [0.5, 0.6) is 5.75 Å². The van der Waals surface area contributed by atoms with Crippen LogP contribution in [0.4, 0.5) is 10.8 Å². The van der Waals surface area contributed by atoms with E-state index in [0.29, 0.717) is 28.7 Å². The first-order valence-electron chi connectivity index (χ1n) is 12.2. The lowest BCUT2D eigenvalue weighted by molar-refractivity contribution is -0.117. The molecule has 0 bridgehead atoms. The molecule has 188 valence electrons. The van der Waals surface area contributed by atoms with Crippen LogP contribution in [0.1, 0.15) is 28.8 Å². The van der Waals surface area contributed by atoms with Gasteiger partial charge in [-0.05, 0) is 50.6 Å². The van der Waals surface area contributed by atoms with Gasteiger partial charge in [-0.2, -0.15) is 0 Å². The van der Waals surface area contributed by atoms with E-state index in [9.17, 15) is 9.59 Å². The van der Waals surface area contributed by atoms with Gasteiger partial charge in [0.05, 0.1) is 18.3 Å². The van der Waals surface area contributed by atoms with Gasteiger partial charge in [0, 0.05) is 37.3 Å². The summed E-state index contributed by atoms with van der Waals surface area (Å²) in [7, 11) is 2.08. The fourth-order valence-corrected chi connectivity index (χ4v) is 4.83. The Hall–Kier alpha value is -3.34. The minimum atomic E-state index is -0.324. The van der Waals surface area contributed by atoms with Crippen LogP contribution in [-0.4, -0.2) is 77.7 Å². The van der Waals surface area contributed by atoms with Gasteiger partial charge >= 0.3 is 0 Å². The van der Waals surface area contributed by atoms with Crippen LogP contribution in [0.15, 0.2) is 42.5 Å². The van der Waals surface area contributed by atoms with Crippen molar-refractivity contribution in [3.8, 4) is 16.3 Å². The van der Waals surface area contributed by atoms with E-state index in [2.05, 4.69) is 37.7 Å². The van der Waals surface area contributed by atoms with Crippen molar-refractivity contribution in [2.24, 2.45) is 0 Å². The molecule has 1 saturated carbocycles. The molecule has 2 amide bonds. The molecule has 0 atom stereocenters. The van der Waals surface area contributed by atoms with Gasteiger partial charge in [-0.25, -0.2) is 0 Å². The van der Waals surface area contributed by atoms with E-state index in [0.717, 1.165) is 55.2 Å². The molecular weight excluding hydrogens is 476 g/mol. The van der Waals surface area contributed by atoms with E-state index in [1.54, 1.807) is 18.2 Å². The van der Waals surface area contributed by atoms with Crippen molar-refractivity contribution in [1.82, 2.24) is 20.0 Å². The smallest absolute Gasteiger partial charge is 0.257 e. The summed E-state index contributed by atoms with van der Waals surface area (Å²) in [5.74, 6) is 0.137. The number of hydrogen-bond acceptors (Lipinski definition) is 8. The molecule has 1 aliphatic heterocycles. The van der Waals surface area contributed by atoms with Crippen LogP contribution in [0.25, 0.3) is 10.6 Å². The summed E-state index contributed by atoms with van der Waals surface area (Å²) >= 11 is 1.32. The number of rotatable bonds is 8. The number of benzene rings is 2. The van der Waals surface area contributed by atoms with E-state index < -0.39 is 0 Å². The summed E-state index contributed by atoms with van der Waals surface area (Å²) in [5, 5.41) is 15.3. The Morgan fingerprint density at radius 2 is 1.83 bits per heavy atom. The van der Waals surface area contributed by atoms with E-state index in [4.69, 9.17) is 4.74 Å². The highest BCUT2D eigenvalue weighted by Crippen LogP contribution is 2.33. The van der Waals surface area contributed by atoms with Gasteiger partial charge in [0.1, 0.15) is 10.8 Å². The number of carbonyl (C=O) groups is 2. The average molecular weight is 507 g/mol. The summed E-state index contributed by atoms with van der Waals surface area (Å²) in [6, 6.07) is 13.0. The number of carbonyl (C=O) groups excluding carboxylic acids is 2. The van der Waals surface area contributed by atoms with Crippen LogP contribution < -0.4 is 15.4 Å². The molecule has 2 aliphatic rings. The molecule has 1 saturated heterocycles. The van der Waals surface area contributed by atoms with Crippen LogP contribution in [0, 0.1) is 6.92 Å². The van der Waals surface area contributed by atoms with Crippen molar-refractivity contribution in [3.63, 3.8) is 0 Å². The third kappa shape index (κ3) is 6.07. The number of amides is 2. The summed E-state index contributed by atoms with van der Waals surface area (Å²) in [6.45, 7) is 5.90. The maximum Gasteiger partial charge on any atom is 0.257 e. The SMILES string of the molecule is Cc1ccccc1-c1nnc(NC(=O)c2ccc(OC3CC3)c(NC(=O)CN3CCN(C)CC3)c2)s1. The number of aromatic nitrogens is 2. The second kappa shape index (κ2) is 10.7. The Kier molecular flexibility index (Phi) is 7.26. The van der Waals surface area contributed by atoms with Gasteiger partial charge in [0.2, 0.25) is 11.0 Å². The first kappa shape index (κ1) is 24.4. The van der Waals surface area contributed by atoms with Crippen LogP contribution in [0.2, 0.25) is 0 Å². The fourth-order valence-electron chi connectivity index (χ4n) is 4.00. The first-order valence-corrected chi connectivity index (χ1v) is 13.0. The van der Waals surface area contributed by atoms with Crippen LogP contribution >= 0.6 is 11.3 Å². The van der Waals surface area contributed by atoms with Crippen molar-refractivity contribution in [3.05, 3.63) is 53.6 Å². The number of likely N-dealkylation sites (N-methyl/N-ethyl adjacent to an activating group) is 1. The number of hydrogen-bond donors (Lipinski definition) is 2. The van der Waals surface area contributed by atoms with Crippen molar-refractivity contribution < 1.29 is 14.3 Å². The predicted octanol–water partition coefficient (Wildman–Crippen LogP) is 3.49. The topological polar surface area (TPSA) is 99.7 Å². The number of ether oxygens (including phenoxy) is 1. The molecule has 2 fully saturated rings. The number of aryl methyl sites for hydroxylation is 1. The van der Waals surface area contributed by atoms with Gasteiger partial charge in [-0.15, -0.1) is 10.2 Å². The summed E-state index contributed by atoms with van der Waals surface area (Å²) in [6.07, 6.45) is 2.16. The Morgan fingerprint density at radius 3 is 2.58 bits per heavy atom. The molecule has 0 spiro atoms. The zero-order chi connectivity index (χ0) is 25.1. The molecule has 1 aromatic heterocycles. The van der Waals surface area contributed by atoms with E-state index >= 15 is 0 Å². The number of piperazine rings is 1. The van der Waals surface area contributed by atoms with Crippen LogP contribution in [-0.2, 0) is 4.79 Å². The number of nitrogens with zero attached hydrogens (tertiary/aromatic N) is 4. The predicted molar refractivity (Wildman–Crippen MR) is 141 cm³/mol. The average Bonchev–Trinajstić information content (AvgIpc) is 3.57. The Labute approximate surface area is 214 Å². The van der Waals surface area contributed by atoms with Crippen molar-refractivity contribution in [1.29, 1.82) is 0 Å². The van der Waals surface area contributed by atoms with Gasteiger partial charge < -0.3 is 15.0 Å². The monoisotopic (exact) mass is 506 g/mol. The molecule has 3 aromatic rings. The van der Waals surface area contributed by atoms with Gasteiger partial charge in [-0.1, -0.05) is 35.6 Å². The molecule has 2 heterocycles. The Bertz CT molecular complexity index is 1250. The highest BCUT2D eigenvalue weighted by molar-refractivity contribution is 7.18. The third-order valence-corrected chi connectivity index (χ3v) is 7.19. The molecule has 2 aromatic carbocycles. The second-order valence-corrected chi connectivity index (χ2v) is 10.3. The lowest BCUT2D eigenvalue weighted by atomic mass is 10.1. The molecule has 5 rings (SSSR count). The highest BCUT2D eigenvalue weighted by atomic mass is 32.1. The van der Waals surface area contributed by atoms with E-state index in [1.165, 1.54) is 11.3 Å². The molecule has 10 heteroatoms. The molecule has 9 nitrogen and oxygen atoms in total. The quantitative estimate of drug-likeness (QED) is 0.482. The minimum absolute atomic E-state index is 0.121. The van der Waals surface area contributed by atoms with Crippen molar-refractivity contribution >= 4 is 34.0 Å². The van der Waals surface area contributed by atoms with E-state index in [-0.39, 0.29) is 17.9 Å². The lowest BCUT2D eigenvalue weighted by Gasteiger charge is -2.31. The maximum atomic E-state index is 13.0. The standard InChI is InChI=1S/C26H30N6O3S/c1-17-5-3-4-6-20(17)25-29-30-26(36-25)28-24(34)18-7-10-22(35-19-8-9-19)21(15-18)27-23(33)16-32-13-11-31(2)12-14-32/h3-7,10,15,19H,8-9,11-14,16H2,1-2H3,(H,27,33)(H,28,30,34). The second-order valence-electron chi connectivity index (χ2n) is 9.34. The number of anilines is 2. The zero-order valence-electron chi connectivity index (χ0n) is 20.5. The van der Waals surface area contributed by atoms with Gasteiger partial charge in [0.25, 0.3) is 5.91 Å². The maximum absolute atomic E-state index is 13.0. The van der Waals surface area contributed by atoms with Crippen molar-refractivity contribution in [2.45, 2.75) is 25.9 Å².